The number of aryl methyl sites for hydroxylation is 1. The van der Waals surface area contributed by atoms with Gasteiger partial charge in [-0.15, -0.1) is 0 Å². The lowest BCUT2D eigenvalue weighted by atomic mass is 10.1. The summed E-state index contributed by atoms with van der Waals surface area (Å²) in [6, 6.07) is 5.35. The Morgan fingerprint density at radius 1 is 1.60 bits per heavy atom. The Labute approximate surface area is 59.1 Å². The number of hydrogen-bond acceptors (Lipinski definition) is 1. The molecule has 1 aromatic carbocycles. The van der Waals surface area contributed by atoms with Gasteiger partial charge in [0.15, 0.2) is 11.6 Å². The fourth-order valence-electron chi connectivity index (χ4n) is 0.712. The van der Waals surface area contributed by atoms with Crippen molar-refractivity contribution in [1.82, 2.24) is 0 Å². The van der Waals surface area contributed by atoms with Gasteiger partial charge in [-0.25, -0.2) is 4.39 Å². The van der Waals surface area contributed by atoms with Crippen molar-refractivity contribution in [1.29, 1.82) is 0 Å². The summed E-state index contributed by atoms with van der Waals surface area (Å²) >= 11 is 0. The minimum absolute atomic E-state index is 0.389. The Kier molecular flexibility index (Phi) is 1.90. The van der Waals surface area contributed by atoms with Gasteiger partial charge in [-0.05, 0) is 18.1 Å². The number of phenolic OH excluding ortho intramolecular Hbond substituents is 1. The van der Waals surface area contributed by atoms with Crippen molar-refractivity contribution in [3.63, 3.8) is 0 Å². The zero-order valence-electron chi connectivity index (χ0n) is 5.69. The molecule has 1 rings (SSSR count). The Morgan fingerprint density at radius 2 is 2.30 bits per heavy atom. The molecule has 53 valence electrons. The van der Waals surface area contributed by atoms with E-state index in [1.165, 1.54) is 6.07 Å². The molecule has 0 aromatic heterocycles. The van der Waals surface area contributed by atoms with Crippen LogP contribution in [0.5, 0.6) is 5.75 Å². The molecular weight excluding hydrogens is 131 g/mol. The third kappa shape index (κ3) is 1.26. The highest BCUT2D eigenvalue weighted by Crippen LogP contribution is 2.15. The zero-order valence-corrected chi connectivity index (χ0v) is 5.69. The Morgan fingerprint density at radius 3 is 2.80 bits per heavy atom. The summed E-state index contributed by atoms with van der Waals surface area (Å²) in [6.07, 6.45) is 0.758. The van der Waals surface area contributed by atoms with Gasteiger partial charge in [0.1, 0.15) is 0 Å². The first-order chi connectivity index (χ1) is 4.74. The number of aromatic hydroxyl groups is 1. The Balaban J connectivity index is 3.04. The molecule has 0 heterocycles. The molecule has 0 amide bonds. The van der Waals surface area contributed by atoms with E-state index in [0.29, 0.717) is 0 Å². The second kappa shape index (κ2) is 2.69. The lowest BCUT2D eigenvalue weighted by Crippen LogP contribution is -1.82. The molecule has 0 saturated carbocycles. The van der Waals surface area contributed by atoms with Crippen LogP contribution in [0.1, 0.15) is 12.5 Å². The van der Waals surface area contributed by atoms with Crippen molar-refractivity contribution in [2.75, 3.05) is 0 Å². The van der Waals surface area contributed by atoms with Crippen molar-refractivity contribution in [3.8, 4) is 5.75 Å². The molecule has 0 spiro atoms. The SMILES string of the molecule is CCc1[c]c(O)c(F)cc1. The molecule has 0 bridgehead atoms. The molecule has 0 saturated heterocycles. The van der Waals surface area contributed by atoms with Gasteiger partial charge in [0.2, 0.25) is 0 Å². The van der Waals surface area contributed by atoms with E-state index in [1.54, 1.807) is 6.07 Å². The van der Waals surface area contributed by atoms with Crippen LogP contribution in [0, 0.1) is 11.9 Å². The van der Waals surface area contributed by atoms with Crippen molar-refractivity contribution in [2.24, 2.45) is 0 Å². The van der Waals surface area contributed by atoms with Crippen molar-refractivity contribution in [3.05, 3.63) is 29.6 Å². The highest BCUT2D eigenvalue weighted by atomic mass is 19.1. The van der Waals surface area contributed by atoms with Crippen LogP contribution in [0.15, 0.2) is 12.1 Å². The van der Waals surface area contributed by atoms with Gasteiger partial charge in [0, 0.05) is 6.07 Å². The van der Waals surface area contributed by atoms with Crippen molar-refractivity contribution < 1.29 is 9.50 Å². The van der Waals surface area contributed by atoms with E-state index >= 15 is 0 Å². The maximum absolute atomic E-state index is 12.4. The molecule has 1 nitrogen and oxygen atoms in total. The quantitative estimate of drug-likeness (QED) is 0.630. The topological polar surface area (TPSA) is 20.2 Å². The van der Waals surface area contributed by atoms with Gasteiger partial charge in [-0.1, -0.05) is 13.0 Å². The van der Waals surface area contributed by atoms with E-state index in [-0.39, 0.29) is 5.75 Å². The number of benzene rings is 1. The second-order valence-corrected chi connectivity index (χ2v) is 2.03. The first-order valence-corrected chi connectivity index (χ1v) is 3.13. The average molecular weight is 139 g/mol. The molecule has 0 aliphatic rings. The molecule has 1 N–H and O–H groups in total. The van der Waals surface area contributed by atoms with E-state index in [2.05, 4.69) is 6.07 Å². The van der Waals surface area contributed by atoms with Crippen LogP contribution in [0.2, 0.25) is 0 Å². The number of halogens is 1. The molecule has 1 radical (unpaired) electrons. The van der Waals surface area contributed by atoms with Crippen LogP contribution in [0.3, 0.4) is 0 Å². The fourth-order valence-corrected chi connectivity index (χ4v) is 0.712. The first-order valence-electron chi connectivity index (χ1n) is 3.13. The molecule has 10 heavy (non-hydrogen) atoms. The monoisotopic (exact) mass is 139 g/mol. The fraction of sp³-hybridized carbons (Fsp3) is 0.250. The summed E-state index contributed by atoms with van der Waals surface area (Å²) in [4.78, 5) is 0. The summed E-state index contributed by atoms with van der Waals surface area (Å²) in [5.74, 6) is -1.00. The molecule has 0 unspecified atom stereocenters. The molecular formula is C8H8FO. The first kappa shape index (κ1) is 7.06. The normalized spacial score (nSPS) is 9.80. The largest absolute Gasteiger partial charge is 0.504 e. The zero-order chi connectivity index (χ0) is 7.56. The van der Waals surface area contributed by atoms with Crippen LogP contribution in [0.25, 0.3) is 0 Å². The van der Waals surface area contributed by atoms with Gasteiger partial charge in [-0.2, -0.15) is 0 Å². The summed E-state index contributed by atoms with van der Waals surface area (Å²) in [5.41, 5.74) is 0.818. The van der Waals surface area contributed by atoms with Crippen LogP contribution >= 0.6 is 0 Å². The standard InChI is InChI=1S/C8H8FO/c1-2-6-3-4-7(9)8(10)5-6/h3-4,10H,2H2,1H3. The third-order valence-electron chi connectivity index (χ3n) is 1.32. The lowest BCUT2D eigenvalue weighted by Gasteiger charge is -1.96. The predicted octanol–water partition coefficient (Wildman–Crippen LogP) is 1.89. The minimum atomic E-state index is -0.614. The highest BCUT2D eigenvalue weighted by Gasteiger charge is 1.99. The summed E-state index contributed by atoms with van der Waals surface area (Å²) < 4.78 is 12.4. The smallest absolute Gasteiger partial charge is 0.165 e. The third-order valence-corrected chi connectivity index (χ3v) is 1.32. The lowest BCUT2D eigenvalue weighted by molar-refractivity contribution is 0.430. The molecule has 0 fully saturated rings. The summed E-state index contributed by atoms with van der Waals surface area (Å²) in [7, 11) is 0. The molecule has 2 heteroatoms. The molecule has 0 aliphatic heterocycles. The van der Waals surface area contributed by atoms with Gasteiger partial charge in [-0.3, -0.25) is 0 Å². The van der Waals surface area contributed by atoms with Gasteiger partial charge >= 0.3 is 0 Å². The van der Waals surface area contributed by atoms with Crippen LogP contribution in [0.4, 0.5) is 4.39 Å². The van der Waals surface area contributed by atoms with Crippen LogP contribution in [-0.4, -0.2) is 5.11 Å². The van der Waals surface area contributed by atoms with Gasteiger partial charge in [0.25, 0.3) is 0 Å². The van der Waals surface area contributed by atoms with E-state index in [0.717, 1.165) is 12.0 Å². The van der Waals surface area contributed by atoms with E-state index < -0.39 is 5.82 Å². The van der Waals surface area contributed by atoms with E-state index in [9.17, 15) is 4.39 Å². The van der Waals surface area contributed by atoms with Gasteiger partial charge < -0.3 is 5.11 Å². The second-order valence-electron chi connectivity index (χ2n) is 2.03. The number of phenols is 1. The van der Waals surface area contributed by atoms with Crippen molar-refractivity contribution >= 4 is 0 Å². The van der Waals surface area contributed by atoms with Crippen molar-refractivity contribution in [2.45, 2.75) is 13.3 Å². The molecule has 0 aliphatic carbocycles. The highest BCUT2D eigenvalue weighted by molar-refractivity contribution is 5.27. The Hall–Kier alpha value is -1.05. The molecule has 1 aromatic rings. The van der Waals surface area contributed by atoms with Gasteiger partial charge in [0.05, 0.1) is 0 Å². The molecule has 0 atom stereocenters. The average Bonchev–Trinajstić information content (AvgIpc) is 1.95. The maximum atomic E-state index is 12.4. The Bertz CT molecular complexity index is 233. The van der Waals surface area contributed by atoms with E-state index in [4.69, 9.17) is 5.11 Å². The summed E-state index contributed by atoms with van der Waals surface area (Å²) in [6.45, 7) is 1.92. The number of hydrogen-bond donors (Lipinski definition) is 1. The number of rotatable bonds is 1. The van der Waals surface area contributed by atoms with Crippen LogP contribution < -0.4 is 0 Å². The maximum Gasteiger partial charge on any atom is 0.165 e. The van der Waals surface area contributed by atoms with E-state index in [1.807, 2.05) is 6.92 Å². The van der Waals surface area contributed by atoms with Crippen LogP contribution in [-0.2, 0) is 6.42 Å². The predicted molar refractivity (Wildman–Crippen MR) is 36.3 cm³/mol. The minimum Gasteiger partial charge on any atom is -0.504 e. The summed E-state index contributed by atoms with van der Waals surface area (Å²) in [5, 5.41) is 8.80.